The summed E-state index contributed by atoms with van der Waals surface area (Å²) in [6.07, 6.45) is 0.969. The second-order valence-corrected chi connectivity index (χ2v) is 7.08. The topological polar surface area (TPSA) is 70.2 Å². The van der Waals surface area contributed by atoms with Crippen molar-refractivity contribution in [3.8, 4) is 22.6 Å². The number of rotatable bonds is 4. The molecule has 2 aromatic carbocycles. The smallest absolute Gasteiger partial charge is 0.181 e. The van der Waals surface area contributed by atoms with E-state index in [4.69, 9.17) is 0 Å². The predicted octanol–water partition coefficient (Wildman–Crippen LogP) is 4.84. The van der Waals surface area contributed by atoms with Gasteiger partial charge in [0.1, 0.15) is 11.6 Å². The third-order valence-electron chi connectivity index (χ3n) is 4.95. The monoisotopic (exact) mass is 349 g/mol. The van der Waals surface area contributed by atoms with E-state index in [9.17, 15) is 4.39 Å². The van der Waals surface area contributed by atoms with Crippen molar-refractivity contribution < 1.29 is 4.39 Å². The number of nitrogens with zero attached hydrogens (tertiary/aromatic N) is 3. The van der Waals surface area contributed by atoms with Crippen LogP contribution < -0.4 is 0 Å². The molecule has 4 aromatic rings. The zero-order valence-corrected chi connectivity index (χ0v) is 15.0. The van der Waals surface area contributed by atoms with Crippen molar-refractivity contribution in [2.75, 3.05) is 0 Å². The number of aromatic nitrogens is 5. The summed E-state index contributed by atoms with van der Waals surface area (Å²) in [7, 11) is 0. The van der Waals surface area contributed by atoms with Gasteiger partial charge in [-0.1, -0.05) is 20.8 Å². The van der Waals surface area contributed by atoms with E-state index in [0.29, 0.717) is 5.82 Å². The quantitative estimate of drug-likeness (QED) is 0.554. The van der Waals surface area contributed by atoms with E-state index >= 15 is 0 Å². The van der Waals surface area contributed by atoms with Gasteiger partial charge in [0.2, 0.25) is 0 Å². The second kappa shape index (κ2) is 6.05. The van der Waals surface area contributed by atoms with Gasteiger partial charge in [0.15, 0.2) is 5.82 Å². The number of halogens is 1. The molecule has 0 spiro atoms. The van der Waals surface area contributed by atoms with Crippen molar-refractivity contribution in [1.82, 2.24) is 25.4 Å². The normalized spacial score (nSPS) is 12.0. The Hall–Kier alpha value is -3.02. The number of H-pyrrole nitrogens is 2. The van der Waals surface area contributed by atoms with Gasteiger partial charge in [-0.25, -0.2) is 9.37 Å². The van der Waals surface area contributed by atoms with Crippen LogP contribution in [0.3, 0.4) is 0 Å². The zero-order chi connectivity index (χ0) is 18.3. The summed E-state index contributed by atoms with van der Waals surface area (Å²) in [5, 5.41) is 15.8. The van der Waals surface area contributed by atoms with E-state index in [2.05, 4.69) is 46.1 Å². The number of nitrogens with one attached hydrogen (secondary N) is 2. The maximum atomic E-state index is 13.2. The highest BCUT2D eigenvalue weighted by molar-refractivity contribution is 5.95. The first-order valence-electron chi connectivity index (χ1n) is 8.65. The van der Waals surface area contributed by atoms with Gasteiger partial charge in [0.25, 0.3) is 0 Å². The maximum Gasteiger partial charge on any atom is 0.181 e. The molecule has 132 valence electrons. The SMILES string of the molecule is CCC(C)(C)c1nc(-c2ccc3[nH]nc(-c4ccc(F)cc4)c3c2)n[nH]1. The van der Waals surface area contributed by atoms with Gasteiger partial charge in [-0.2, -0.15) is 10.2 Å². The molecule has 2 aromatic heterocycles. The Balaban J connectivity index is 1.78. The summed E-state index contributed by atoms with van der Waals surface area (Å²) in [5.41, 5.74) is 3.42. The van der Waals surface area contributed by atoms with E-state index in [1.54, 1.807) is 12.1 Å². The fraction of sp³-hybridized carbons (Fsp3) is 0.250. The first-order valence-corrected chi connectivity index (χ1v) is 8.65. The van der Waals surface area contributed by atoms with Gasteiger partial charge < -0.3 is 0 Å². The van der Waals surface area contributed by atoms with E-state index in [-0.39, 0.29) is 11.2 Å². The fourth-order valence-electron chi connectivity index (χ4n) is 2.84. The minimum Gasteiger partial charge on any atom is -0.277 e. The zero-order valence-electron chi connectivity index (χ0n) is 15.0. The molecule has 0 bridgehead atoms. The molecule has 5 nitrogen and oxygen atoms in total. The molecule has 2 N–H and O–H groups in total. The third-order valence-corrected chi connectivity index (χ3v) is 4.95. The molecule has 2 heterocycles. The molecular formula is C20H20FN5. The lowest BCUT2D eigenvalue weighted by Crippen LogP contribution is -2.17. The van der Waals surface area contributed by atoms with Crippen LogP contribution in [-0.4, -0.2) is 25.4 Å². The van der Waals surface area contributed by atoms with Crippen LogP contribution in [0.25, 0.3) is 33.5 Å². The lowest BCUT2D eigenvalue weighted by Gasteiger charge is -2.18. The Kier molecular flexibility index (Phi) is 3.83. The highest BCUT2D eigenvalue weighted by Gasteiger charge is 2.23. The summed E-state index contributed by atoms with van der Waals surface area (Å²) in [4.78, 5) is 4.68. The summed E-state index contributed by atoms with van der Waals surface area (Å²) in [5.74, 6) is 1.27. The van der Waals surface area contributed by atoms with Crippen molar-refractivity contribution >= 4 is 10.9 Å². The van der Waals surface area contributed by atoms with Gasteiger partial charge in [-0.05, 0) is 48.9 Å². The summed E-state index contributed by atoms with van der Waals surface area (Å²) in [6, 6.07) is 12.3. The van der Waals surface area contributed by atoms with E-state index in [1.165, 1.54) is 12.1 Å². The first-order chi connectivity index (χ1) is 12.5. The van der Waals surface area contributed by atoms with Crippen LogP contribution in [0, 0.1) is 5.82 Å². The molecule has 0 fully saturated rings. The van der Waals surface area contributed by atoms with Gasteiger partial charge in [-0.3, -0.25) is 10.2 Å². The average molecular weight is 349 g/mol. The van der Waals surface area contributed by atoms with Gasteiger partial charge >= 0.3 is 0 Å². The predicted molar refractivity (Wildman–Crippen MR) is 100 cm³/mol. The molecule has 0 aliphatic rings. The molecule has 26 heavy (non-hydrogen) atoms. The molecule has 0 radical (unpaired) electrons. The molecule has 0 saturated carbocycles. The molecular weight excluding hydrogens is 329 g/mol. The standard InChI is InChI=1S/C20H20FN5/c1-4-20(2,3)19-22-18(25-26-19)13-7-10-16-15(11-13)17(24-23-16)12-5-8-14(21)9-6-12/h5-11H,4H2,1-3H3,(H,23,24)(H,22,25,26). The lowest BCUT2D eigenvalue weighted by molar-refractivity contribution is 0.475. The van der Waals surface area contributed by atoms with Crippen LogP contribution in [0.4, 0.5) is 4.39 Å². The maximum absolute atomic E-state index is 13.2. The summed E-state index contributed by atoms with van der Waals surface area (Å²) < 4.78 is 13.2. The average Bonchev–Trinajstić information content (AvgIpc) is 3.29. The van der Waals surface area contributed by atoms with E-state index < -0.39 is 0 Å². The lowest BCUT2D eigenvalue weighted by atomic mass is 9.89. The molecule has 0 unspecified atom stereocenters. The van der Waals surface area contributed by atoms with Crippen molar-refractivity contribution in [3.63, 3.8) is 0 Å². The van der Waals surface area contributed by atoms with Crippen molar-refractivity contribution in [3.05, 3.63) is 54.1 Å². The second-order valence-electron chi connectivity index (χ2n) is 7.08. The number of aromatic amines is 2. The Bertz CT molecular complexity index is 1060. The molecule has 0 atom stereocenters. The highest BCUT2D eigenvalue weighted by Crippen LogP contribution is 2.30. The number of hydrogen-bond donors (Lipinski definition) is 2. The molecule has 0 amide bonds. The van der Waals surface area contributed by atoms with Gasteiger partial charge in [0.05, 0.1) is 11.2 Å². The molecule has 0 aliphatic carbocycles. The summed E-state index contributed by atoms with van der Waals surface area (Å²) >= 11 is 0. The van der Waals surface area contributed by atoms with Crippen LogP contribution in [-0.2, 0) is 5.41 Å². The number of fused-ring (bicyclic) bond motifs is 1. The third kappa shape index (κ3) is 2.77. The van der Waals surface area contributed by atoms with E-state index in [1.807, 2.05) is 18.2 Å². The van der Waals surface area contributed by atoms with E-state index in [0.717, 1.165) is 40.0 Å². The molecule has 6 heteroatoms. The Labute approximate surface area is 150 Å². The molecule has 0 aliphatic heterocycles. The fourth-order valence-corrected chi connectivity index (χ4v) is 2.84. The Morgan fingerprint density at radius 1 is 0.962 bits per heavy atom. The van der Waals surface area contributed by atoms with Crippen LogP contribution in [0.15, 0.2) is 42.5 Å². The van der Waals surface area contributed by atoms with Crippen LogP contribution >= 0.6 is 0 Å². The highest BCUT2D eigenvalue weighted by atomic mass is 19.1. The number of hydrogen-bond acceptors (Lipinski definition) is 3. The number of benzene rings is 2. The molecule has 4 rings (SSSR count). The van der Waals surface area contributed by atoms with Crippen LogP contribution in [0.1, 0.15) is 33.0 Å². The summed E-state index contributed by atoms with van der Waals surface area (Å²) in [6.45, 7) is 6.42. The molecule has 0 saturated heterocycles. The van der Waals surface area contributed by atoms with Crippen LogP contribution in [0.2, 0.25) is 0 Å². The minimum atomic E-state index is -0.263. The van der Waals surface area contributed by atoms with Crippen molar-refractivity contribution in [2.24, 2.45) is 0 Å². The van der Waals surface area contributed by atoms with Gasteiger partial charge in [0, 0.05) is 21.9 Å². The Morgan fingerprint density at radius 3 is 2.42 bits per heavy atom. The first kappa shape index (κ1) is 16.4. The minimum absolute atomic E-state index is 0.0513. The van der Waals surface area contributed by atoms with Crippen molar-refractivity contribution in [2.45, 2.75) is 32.6 Å². The largest absolute Gasteiger partial charge is 0.277 e. The van der Waals surface area contributed by atoms with Crippen molar-refractivity contribution in [1.29, 1.82) is 0 Å². The van der Waals surface area contributed by atoms with Gasteiger partial charge in [-0.15, -0.1) is 0 Å². The van der Waals surface area contributed by atoms with Crippen LogP contribution in [0.5, 0.6) is 0 Å². The Morgan fingerprint density at radius 2 is 1.69 bits per heavy atom.